The number of alkyl halides is 3. The van der Waals surface area contributed by atoms with E-state index in [0.29, 0.717) is 18.8 Å². The Kier molecular flexibility index (Phi) is 7.31. The van der Waals surface area contributed by atoms with Crippen molar-refractivity contribution in [1.29, 1.82) is 0 Å². The number of carbonyl (C=O) groups is 1. The van der Waals surface area contributed by atoms with Crippen LogP contribution in [0.3, 0.4) is 0 Å². The Balaban J connectivity index is 1.73. The molecule has 0 spiro atoms. The number of carbonyl (C=O) groups excluding carboxylic acids is 1. The molecule has 0 saturated carbocycles. The van der Waals surface area contributed by atoms with Crippen molar-refractivity contribution < 1.29 is 22.7 Å². The minimum Gasteiger partial charge on any atom is -0.376 e. The molecular weight excluding hydrogens is 457 g/mol. The molecular formula is C23H28ClF3N4O2. The summed E-state index contributed by atoms with van der Waals surface area (Å²) in [5.41, 5.74) is 2.97. The molecule has 2 aromatic rings. The summed E-state index contributed by atoms with van der Waals surface area (Å²) in [7, 11) is 0. The van der Waals surface area contributed by atoms with Crippen LogP contribution in [-0.4, -0.2) is 46.3 Å². The Labute approximate surface area is 196 Å². The molecule has 2 aliphatic heterocycles. The van der Waals surface area contributed by atoms with E-state index >= 15 is 0 Å². The van der Waals surface area contributed by atoms with E-state index in [1.165, 1.54) is 6.07 Å². The van der Waals surface area contributed by atoms with Crippen molar-refractivity contribution in [2.24, 2.45) is 0 Å². The number of hydrogen-bond donors (Lipinski definition) is 1. The smallest absolute Gasteiger partial charge is 0.376 e. The lowest BCUT2D eigenvalue weighted by molar-refractivity contribution is -0.137. The monoisotopic (exact) mass is 484 g/mol. The van der Waals surface area contributed by atoms with Crippen molar-refractivity contribution in [2.75, 3.05) is 19.7 Å². The number of rotatable bonds is 5. The first-order valence-corrected chi connectivity index (χ1v) is 11.7. The quantitative estimate of drug-likeness (QED) is 0.631. The molecule has 2 fully saturated rings. The molecule has 1 amide bonds. The van der Waals surface area contributed by atoms with Crippen LogP contribution in [0.4, 0.5) is 13.2 Å². The molecule has 0 radical (unpaired) electrons. The maximum Gasteiger partial charge on any atom is 0.416 e. The number of nitrogens with zero attached hydrogens (tertiary/aromatic N) is 3. The van der Waals surface area contributed by atoms with Crippen LogP contribution >= 0.6 is 11.6 Å². The number of imidazole rings is 1. The predicted molar refractivity (Wildman–Crippen MR) is 119 cm³/mol. The minimum atomic E-state index is -4.52. The van der Waals surface area contributed by atoms with Crippen LogP contribution in [0.5, 0.6) is 0 Å². The zero-order valence-corrected chi connectivity index (χ0v) is 19.3. The van der Waals surface area contributed by atoms with E-state index in [9.17, 15) is 18.0 Å². The Morgan fingerprint density at radius 3 is 2.64 bits per heavy atom. The number of halogens is 4. The summed E-state index contributed by atoms with van der Waals surface area (Å²) in [5, 5.41) is 2.01. The van der Waals surface area contributed by atoms with Crippen molar-refractivity contribution in [1.82, 2.24) is 20.0 Å². The first-order chi connectivity index (χ1) is 15.7. The Bertz CT molecular complexity index is 996. The van der Waals surface area contributed by atoms with Gasteiger partial charge in [0.1, 0.15) is 5.82 Å². The molecule has 2 saturated heterocycles. The largest absolute Gasteiger partial charge is 0.416 e. The summed E-state index contributed by atoms with van der Waals surface area (Å²) in [4.78, 5) is 17.6. The van der Waals surface area contributed by atoms with Crippen LogP contribution in [-0.2, 0) is 17.5 Å². The highest BCUT2D eigenvalue weighted by Crippen LogP contribution is 2.36. The van der Waals surface area contributed by atoms with Gasteiger partial charge in [-0.25, -0.2) is 9.99 Å². The summed E-state index contributed by atoms with van der Waals surface area (Å²) in [6.45, 7) is 4.30. The highest BCUT2D eigenvalue weighted by atomic mass is 35.5. The number of nitrogens with one attached hydrogen (secondary N) is 1. The lowest BCUT2D eigenvalue weighted by Crippen LogP contribution is -2.45. The van der Waals surface area contributed by atoms with E-state index in [0.717, 1.165) is 63.7 Å². The molecule has 6 nitrogen and oxygen atoms in total. The summed E-state index contributed by atoms with van der Waals surface area (Å²) in [6, 6.07) is 3.16. The average Bonchev–Trinajstić information content (AvgIpc) is 3.11. The van der Waals surface area contributed by atoms with E-state index < -0.39 is 11.7 Å². The van der Waals surface area contributed by atoms with Gasteiger partial charge in [-0.2, -0.15) is 13.2 Å². The van der Waals surface area contributed by atoms with E-state index in [2.05, 4.69) is 10.4 Å². The number of hydrazine groups is 1. The SMILES string of the molecule is Cc1c(C(=O)NN2CCCCC2)nc(-c2cc(C(F)(F)F)ccc2Cl)n1CC1CCCCO1. The number of piperidine rings is 1. The second-order valence-corrected chi connectivity index (χ2v) is 9.06. The highest BCUT2D eigenvalue weighted by molar-refractivity contribution is 6.33. The second kappa shape index (κ2) is 10.0. The molecule has 1 atom stereocenters. The first-order valence-electron chi connectivity index (χ1n) is 11.4. The molecule has 1 N–H and O–H groups in total. The Hall–Kier alpha value is -2.10. The molecule has 2 aliphatic rings. The summed E-state index contributed by atoms with van der Waals surface area (Å²) in [6.07, 6.45) is 1.33. The number of amides is 1. The Morgan fingerprint density at radius 1 is 1.21 bits per heavy atom. The molecule has 0 aliphatic carbocycles. The van der Waals surface area contributed by atoms with E-state index in [1.807, 2.05) is 5.01 Å². The zero-order chi connectivity index (χ0) is 23.6. The summed E-state index contributed by atoms with van der Waals surface area (Å²) >= 11 is 6.33. The summed E-state index contributed by atoms with van der Waals surface area (Å²) < 4.78 is 47.8. The van der Waals surface area contributed by atoms with Gasteiger partial charge in [0.25, 0.3) is 5.91 Å². The molecule has 33 heavy (non-hydrogen) atoms. The maximum atomic E-state index is 13.4. The zero-order valence-electron chi connectivity index (χ0n) is 18.6. The number of hydrogen-bond acceptors (Lipinski definition) is 4. The molecule has 10 heteroatoms. The van der Waals surface area contributed by atoms with E-state index in [-0.39, 0.29) is 34.1 Å². The predicted octanol–water partition coefficient (Wildman–Crippen LogP) is 5.23. The third-order valence-electron chi connectivity index (χ3n) is 6.25. The van der Waals surface area contributed by atoms with Gasteiger partial charge >= 0.3 is 6.18 Å². The van der Waals surface area contributed by atoms with Gasteiger partial charge in [-0.05, 0) is 57.2 Å². The van der Waals surface area contributed by atoms with Gasteiger partial charge in [0.15, 0.2) is 5.69 Å². The first kappa shape index (κ1) is 24.0. The van der Waals surface area contributed by atoms with E-state index in [4.69, 9.17) is 16.3 Å². The van der Waals surface area contributed by atoms with Gasteiger partial charge < -0.3 is 9.30 Å². The summed E-state index contributed by atoms with van der Waals surface area (Å²) in [5.74, 6) is -0.136. The Morgan fingerprint density at radius 2 is 1.97 bits per heavy atom. The van der Waals surface area contributed by atoms with Crippen molar-refractivity contribution in [3.05, 3.63) is 40.2 Å². The van der Waals surface area contributed by atoms with Crippen LogP contribution in [0.25, 0.3) is 11.4 Å². The fourth-order valence-electron chi connectivity index (χ4n) is 4.41. The van der Waals surface area contributed by atoms with Gasteiger partial charge in [0.2, 0.25) is 0 Å². The van der Waals surface area contributed by atoms with Gasteiger partial charge in [-0.1, -0.05) is 18.0 Å². The second-order valence-electron chi connectivity index (χ2n) is 8.65. The third kappa shape index (κ3) is 5.53. The lowest BCUT2D eigenvalue weighted by atomic mass is 10.1. The molecule has 0 bridgehead atoms. The van der Waals surface area contributed by atoms with Crippen molar-refractivity contribution >= 4 is 17.5 Å². The van der Waals surface area contributed by atoms with Crippen LogP contribution in [0, 0.1) is 6.92 Å². The fraction of sp³-hybridized carbons (Fsp3) is 0.565. The maximum absolute atomic E-state index is 13.4. The topological polar surface area (TPSA) is 59.4 Å². The van der Waals surface area contributed by atoms with Gasteiger partial charge in [-0.15, -0.1) is 0 Å². The van der Waals surface area contributed by atoms with Crippen molar-refractivity contribution in [2.45, 2.75) is 64.3 Å². The number of ether oxygens (including phenoxy) is 1. The van der Waals surface area contributed by atoms with Crippen LogP contribution in [0.2, 0.25) is 5.02 Å². The standard InChI is InChI=1S/C23H28ClF3N4O2/c1-15-20(22(32)29-30-10-4-2-5-11-30)28-21(31(15)14-17-7-3-6-12-33-17)18-13-16(23(25,26)27)8-9-19(18)24/h8-9,13,17H,2-7,10-12,14H2,1H3,(H,29,32). The molecule has 1 aromatic heterocycles. The van der Waals surface area contributed by atoms with Gasteiger partial charge in [0, 0.05) is 31.0 Å². The molecule has 4 rings (SSSR count). The fourth-order valence-corrected chi connectivity index (χ4v) is 4.61. The highest BCUT2D eigenvalue weighted by Gasteiger charge is 2.32. The normalized spacial score (nSPS) is 20.1. The molecule has 3 heterocycles. The lowest BCUT2D eigenvalue weighted by Gasteiger charge is -2.26. The molecule has 180 valence electrons. The third-order valence-corrected chi connectivity index (χ3v) is 6.58. The van der Waals surface area contributed by atoms with Crippen molar-refractivity contribution in [3.8, 4) is 11.4 Å². The molecule has 1 unspecified atom stereocenters. The minimum absolute atomic E-state index is 0.104. The number of benzene rings is 1. The molecule has 1 aromatic carbocycles. The van der Waals surface area contributed by atoms with Gasteiger partial charge in [-0.3, -0.25) is 10.2 Å². The van der Waals surface area contributed by atoms with Gasteiger partial charge in [0.05, 0.1) is 23.2 Å². The van der Waals surface area contributed by atoms with Crippen LogP contribution in [0.15, 0.2) is 18.2 Å². The van der Waals surface area contributed by atoms with Crippen LogP contribution < -0.4 is 5.43 Å². The van der Waals surface area contributed by atoms with Crippen molar-refractivity contribution in [3.63, 3.8) is 0 Å². The average molecular weight is 485 g/mol. The number of aromatic nitrogens is 2. The van der Waals surface area contributed by atoms with Crippen LogP contribution in [0.1, 0.15) is 60.3 Å². The van der Waals surface area contributed by atoms with E-state index in [1.54, 1.807) is 11.5 Å².